The second-order valence-electron chi connectivity index (χ2n) is 5.54. The van der Waals surface area contributed by atoms with Crippen LogP contribution in [0.4, 0.5) is 8.78 Å². The summed E-state index contributed by atoms with van der Waals surface area (Å²) in [6.45, 7) is 2.04. The van der Waals surface area contributed by atoms with Crippen LogP contribution in [0, 0.1) is 5.92 Å². The van der Waals surface area contributed by atoms with Crippen molar-refractivity contribution in [2.75, 3.05) is 19.7 Å². The Bertz CT molecular complexity index is 307. The first-order chi connectivity index (χ1) is 9.05. The average Bonchev–Trinajstić information content (AvgIpc) is 2.88. The molecular weight excluding hydrogens is 252 g/mol. The van der Waals surface area contributed by atoms with Crippen molar-refractivity contribution in [3.05, 3.63) is 0 Å². The molecule has 0 amide bonds. The molecule has 0 aromatic heterocycles. The number of nitrogens with one attached hydrogen (secondary N) is 1. The molecule has 1 aliphatic heterocycles. The van der Waals surface area contributed by atoms with Crippen molar-refractivity contribution in [2.45, 2.75) is 50.6 Å². The van der Waals surface area contributed by atoms with Crippen LogP contribution in [0.25, 0.3) is 0 Å². The summed E-state index contributed by atoms with van der Waals surface area (Å²) in [7, 11) is 0. The van der Waals surface area contributed by atoms with Gasteiger partial charge in [0.15, 0.2) is 5.96 Å². The quantitative estimate of drug-likeness (QED) is 0.608. The number of rotatable bonds is 4. The number of hydrogen-bond donors (Lipinski definition) is 2. The Balaban J connectivity index is 1.64. The first-order valence-corrected chi connectivity index (χ1v) is 7.08. The van der Waals surface area contributed by atoms with Crippen LogP contribution in [0.15, 0.2) is 4.99 Å². The number of hydrogen-bond acceptors (Lipinski definition) is 2. The summed E-state index contributed by atoms with van der Waals surface area (Å²) in [5.74, 6) is -1.83. The minimum Gasteiger partial charge on any atom is -0.376 e. The lowest BCUT2D eigenvalue weighted by Crippen LogP contribution is -2.37. The van der Waals surface area contributed by atoms with Crippen LogP contribution in [0.1, 0.15) is 38.5 Å². The van der Waals surface area contributed by atoms with Gasteiger partial charge in [0, 0.05) is 32.5 Å². The third-order valence-corrected chi connectivity index (χ3v) is 3.89. The molecule has 2 fully saturated rings. The van der Waals surface area contributed by atoms with Crippen LogP contribution in [-0.2, 0) is 4.74 Å². The van der Waals surface area contributed by atoms with Gasteiger partial charge >= 0.3 is 0 Å². The molecule has 0 aromatic rings. The maximum absolute atomic E-state index is 13.0. The Kier molecular flexibility index (Phi) is 4.96. The lowest BCUT2D eigenvalue weighted by Gasteiger charge is -2.27. The summed E-state index contributed by atoms with van der Waals surface area (Å²) in [6.07, 6.45) is 3.41. The van der Waals surface area contributed by atoms with E-state index in [0.717, 1.165) is 19.4 Å². The Morgan fingerprint density at radius 2 is 2.05 bits per heavy atom. The first kappa shape index (κ1) is 14.5. The molecule has 4 nitrogen and oxygen atoms in total. The van der Waals surface area contributed by atoms with Crippen molar-refractivity contribution in [2.24, 2.45) is 16.6 Å². The number of nitrogens with two attached hydrogens (primary N) is 1. The van der Waals surface area contributed by atoms with E-state index in [1.807, 2.05) is 0 Å². The van der Waals surface area contributed by atoms with E-state index in [4.69, 9.17) is 10.5 Å². The molecule has 0 bridgehead atoms. The zero-order chi connectivity index (χ0) is 13.7. The van der Waals surface area contributed by atoms with Crippen molar-refractivity contribution < 1.29 is 13.5 Å². The summed E-state index contributed by atoms with van der Waals surface area (Å²) < 4.78 is 31.4. The third-order valence-electron chi connectivity index (χ3n) is 3.89. The fourth-order valence-electron chi connectivity index (χ4n) is 2.59. The fourth-order valence-corrected chi connectivity index (χ4v) is 2.59. The number of alkyl halides is 2. The van der Waals surface area contributed by atoms with Gasteiger partial charge < -0.3 is 15.8 Å². The van der Waals surface area contributed by atoms with E-state index in [-0.39, 0.29) is 24.9 Å². The van der Waals surface area contributed by atoms with Crippen molar-refractivity contribution in [3.63, 3.8) is 0 Å². The second kappa shape index (κ2) is 6.50. The number of ether oxygens (including phenoxy) is 1. The molecule has 0 aromatic carbocycles. The van der Waals surface area contributed by atoms with Gasteiger partial charge in [0.1, 0.15) is 0 Å². The molecule has 1 heterocycles. The van der Waals surface area contributed by atoms with E-state index in [9.17, 15) is 8.78 Å². The maximum atomic E-state index is 13.0. The molecule has 2 rings (SSSR count). The topological polar surface area (TPSA) is 59.6 Å². The predicted octanol–water partition coefficient (Wildman–Crippen LogP) is 1.90. The van der Waals surface area contributed by atoms with Gasteiger partial charge in [-0.15, -0.1) is 0 Å². The molecule has 110 valence electrons. The highest BCUT2D eigenvalue weighted by Crippen LogP contribution is 2.36. The minimum absolute atomic E-state index is 0.0174. The van der Waals surface area contributed by atoms with Crippen LogP contribution in [0.5, 0.6) is 0 Å². The number of halogens is 2. The summed E-state index contributed by atoms with van der Waals surface area (Å²) >= 11 is 0. The molecule has 3 N–H and O–H groups in total. The zero-order valence-corrected chi connectivity index (χ0v) is 11.2. The molecule has 1 unspecified atom stereocenters. The lowest BCUT2D eigenvalue weighted by atomic mass is 9.87. The van der Waals surface area contributed by atoms with Gasteiger partial charge in [-0.25, -0.2) is 8.78 Å². The Hall–Kier alpha value is -0.910. The largest absolute Gasteiger partial charge is 0.376 e. The van der Waals surface area contributed by atoms with E-state index in [1.54, 1.807) is 0 Å². The molecule has 19 heavy (non-hydrogen) atoms. The highest BCUT2D eigenvalue weighted by molar-refractivity contribution is 5.77. The van der Waals surface area contributed by atoms with Crippen molar-refractivity contribution >= 4 is 5.96 Å². The van der Waals surface area contributed by atoms with Crippen LogP contribution in [0.3, 0.4) is 0 Å². The Morgan fingerprint density at radius 3 is 2.68 bits per heavy atom. The van der Waals surface area contributed by atoms with E-state index < -0.39 is 5.92 Å². The number of guanidine groups is 1. The van der Waals surface area contributed by atoms with Gasteiger partial charge in [-0.05, 0) is 31.6 Å². The Labute approximate surface area is 112 Å². The van der Waals surface area contributed by atoms with E-state index in [1.165, 1.54) is 0 Å². The lowest BCUT2D eigenvalue weighted by molar-refractivity contribution is -0.0446. The SMILES string of the molecule is NC(=NCC1CCC(F)(F)CC1)NCC1CCCO1. The van der Waals surface area contributed by atoms with Gasteiger partial charge in [0.05, 0.1) is 6.10 Å². The maximum Gasteiger partial charge on any atom is 0.248 e. The molecule has 2 aliphatic rings. The van der Waals surface area contributed by atoms with Crippen molar-refractivity contribution in [1.29, 1.82) is 0 Å². The summed E-state index contributed by atoms with van der Waals surface area (Å²) in [6, 6.07) is 0. The van der Waals surface area contributed by atoms with Crippen LogP contribution in [0.2, 0.25) is 0 Å². The minimum atomic E-state index is -2.47. The highest BCUT2D eigenvalue weighted by atomic mass is 19.3. The molecule has 0 spiro atoms. The monoisotopic (exact) mass is 275 g/mol. The standard InChI is InChI=1S/C13H23F2N3O/c14-13(15)5-3-10(4-6-13)8-17-12(16)18-9-11-2-1-7-19-11/h10-11H,1-9H2,(H3,16,17,18). The molecule has 0 radical (unpaired) electrons. The van der Waals surface area contributed by atoms with Gasteiger partial charge in [-0.1, -0.05) is 0 Å². The molecule has 1 saturated carbocycles. The van der Waals surface area contributed by atoms with Crippen LogP contribution >= 0.6 is 0 Å². The van der Waals surface area contributed by atoms with Crippen LogP contribution < -0.4 is 11.1 Å². The molecule has 1 aliphatic carbocycles. The summed E-state index contributed by atoms with van der Waals surface area (Å²) in [5.41, 5.74) is 5.76. The summed E-state index contributed by atoms with van der Waals surface area (Å²) in [5, 5.41) is 3.04. The highest BCUT2D eigenvalue weighted by Gasteiger charge is 2.34. The Morgan fingerprint density at radius 1 is 1.32 bits per heavy atom. The van der Waals surface area contributed by atoms with Crippen molar-refractivity contribution in [3.8, 4) is 0 Å². The second-order valence-corrected chi connectivity index (χ2v) is 5.54. The zero-order valence-electron chi connectivity index (χ0n) is 11.2. The van der Waals surface area contributed by atoms with Gasteiger partial charge in [-0.3, -0.25) is 4.99 Å². The normalized spacial score (nSPS) is 28.5. The van der Waals surface area contributed by atoms with E-state index >= 15 is 0 Å². The van der Waals surface area contributed by atoms with E-state index in [0.29, 0.717) is 31.9 Å². The van der Waals surface area contributed by atoms with Gasteiger partial charge in [0.25, 0.3) is 0 Å². The fraction of sp³-hybridized carbons (Fsp3) is 0.923. The molecule has 6 heteroatoms. The molecule has 1 atom stereocenters. The number of nitrogens with zero attached hydrogens (tertiary/aromatic N) is 1. The smallest absolute Gasteiger partial charge is 0.248 e. The third kappa shape index (κ3) is 4.93. The number of aliphatic imine (C=N–C) groups is 1. The van der Waals surface area contributed by atoms with Crippen molar-refractivity contribution in [1.82, 2.24) is 5.32 Å². The molecule has 1 saturated heterocycles. The molecular formula is C13H23F2N3O. The van der Waals surface area contributed by atoms with Gasteiger partial charge in [-0.2, -0.15) is 0 Å². The predicted molar refractivity (Wildman–Crippen MR) is 70.4 cm³/mol. The summed E-state index contributed by atoms with van der Waals surface area (Å²) in [4.78, 5) is 4.24. The first-order valence-electron chi connectivity index (χ1n) is 7.08. The average molecular weight is 275 g/mol. The van der Waals surface area contributed by atoms with Gasteiger partial charge in [0.2, 0.25) is 5.92 Å². The van der Waals surface area contributed by atoms with E-state index in [2.05, 4.69) is 10.3 Å². The van der Waals surface area contributed by atoms with Crippen LogP contribution in [-0.4, -0.2) is 37.7 Å².